The Kier molecular flexibility index (Phi) is 3.79. The van der Waals surface area contributed by atoms with Crippen LogP contribution in [0.1, 0.15) is 22.5 Å². The molecule has 2 aromatic carbocycles. The van der Waals surface area contributed by atoms with Gasteiger partial charge in [0.15, 0.2) is 0 Å². The first kappa shape index (κ1) is 13.5. The smallest absolute Gasteiger partial charge is 0.112 e. The van der Waals surface area contributed by atoms with E-state index < -0.39 is 0 Å². The van der Waals surface area contributed by atoms with Crippen molar-refractivity contribution in [2.45, 2.75) is 20.0 Å². The molecule has 3 aromatic rings. The van der Waals surface area contributed by atoms with Gasteiger partial charge in [-0.1, -0.05) is 53.7 Å². The summed E-state index contributed by atoms with van der Waals surface area (Å²) in [5.74, 6) is 0. The van der Waals surface area contributed by atoms with Gasteiger partial charge in [-0.15, -0.1) is 5.10 Å². The molecule has 0 aliphatic carbocycles. The Balaban J connectivity index is 2.07. The predicted octanol–water partition coefficient (Wildman–Crippen LogP) is 2.66. The number of aromatic nitrogens is 3. The Bertz CT molecular complexity index is 735. The molecule has 1 aromatic heterocycles. The highest BCUT2D eigenvalue weighted by Gasteiger charge is 2.15. The molecule has 0 bridgehead atoms. The van der Waals surface area contributed by atoms with Gasteiger partial charge in [0.25, 0.3) is 0 Å². The molecule has 0 saturated heterocycles. The van der Waals surface area contributed by atoms with Crippen LogP contribution in [0.4, 0.5) is 0 Å². The molecule has 0 aliphatic heterocycles. The van der Waals surface area contributed by atoms with E-state index in [-0.39, 0.29) is 6.61 Å². The Morgan fingerprint density at radius 3 is 2.43 bits per heavy atom. The molecule has 0 radical (unpaired) electrons. The van der Waals surface area contributed by atoms with Crippen LogP contribution in [0.25, 0.3) is 5.69 Å². The van der Waals surface area contributed by atoms with Gasteiger partial charge < -0.3 is 5.11 Å². The highest BCUT2D eigenvalue weighted by molar-refractivity contribution is 5.41. The fourth-order valence-corrected chi connectivity index (χ4v) is 2.42. The minimum Gasteiger partial charge on any atom is -0.390 e. The summed E-state index contributed by atoms with van der Waals surface area (Å²) in [7, 11) is 0. The summed E-state index contributed by atoms with van der Waals surface area (Å²) in [6.45, 7) is 1.94. The zero-order chi connectivity index (χ0) is 14.7. The average Bonchev–Trinajstić information content (AvgIpc) is 2.91. The van der Waals surface area contributed by atoms with Gasteiger partial charge >= 0.3 is 0 Å². The molecule has 0 spiro atoms. The molecular formula is C17H17N3O. The summed E-state index contributed by atoms with van der Waals surface area (Å²) in [6, 6.07) is 18.2. The minimum absolute atomic E-state index is 0.103. The molecular weight excluding hydrogens is 262 g/mol. The van der Waals surface area contributed by atoms with E-state index in [4.69, 9.17) is 0 Å². The molecule has 4 heteroatoms. The SMILES string of the molecule is Cc1ccccc1-n1nnc(CO)c1Cc1ccccc1. The highest BCUT2D eigenvalue weighted by atomic mass is 16.3. The van der Waals surface area contributed by atoms with Crippen LogP contribution in [-0.2, 0) is 13.0 Å². The lowest BCUT2D eigenvalue weighted by Gasteiger charge is -2.10. The number of benzene rings is 2. The number of hydrogen-bond acceptors (Lipinski definition) is 3. The van der Waals surface area contributed by atoms with Crippen LogP contribution in [0.2, 0.25) is 0 Å². The first-order valence-corrected chi connectivity index (χ1v) is 6.94. The van der Waals surface area contributed by atoms with E-state index in [1.165, 1.54) is 5.56 Å². The zero-order valence-electron chi connectivity index (χ0n) is 11.9. The number of aliphatic hydroxyl groups is 1. The number of hydrogen-bond donors (Lipinski definition) is 1. The quantitative estimate of drug-likeness (QED) is 0.798. The van der Waals surface area contributed by atoms with E-state index in [2.05, 4.69) is 22.4 Å². The van der Waals surface area contributed by atoms with Crippen molar-refractivity contribution in [1.29, 1.82) is 0 Å². The van der Waals surface area contributed by atoms with E-state index in [9.17, 15) is 5.11 Å². The third-order valence-electron chi connectivity index (χ3n) is 3.55. The first-order valence-electron chi connectivity index (χ1n) is 6.94. The molecule has 0 aliphatic rings. The molecule has 0 unspecified atom stereocenters. The maximum absolute atomic E-state index is 9.51. The summed E-state index contributed by atoms with van der Waals surface area (Å²) in [6.07, 6.45) is 0.693. The molecule has 106 valence electrons. The molecule has 0 amide bonds. The van der Waals surface area contributed by atoms with Gasteiger partial charge in [0.1, 0.15) is 5.69 Å². The van der Waals surface area contributed by atoms with Crippen LogP contribution in [0.3, 0.4) is 0 Å². The summed E-state index contributed by atoms with van der Waals surface area (Å²) >= 11 is 0. The maximum Gasteiger partial charge on any atom is 0.112 e. The summed E-state index contributed by atoms with van der Waals surface area (Å²) < 4.78 is 1.83. The maximum atomic E-state index is 9.51. The second-order valence-corrected chi connectivity index (χ2v) is 5.00. The van der Waals surface area contributed by atoms with Crippen LogP contribution in [0.5, 0.6) is 0 Å². The summed E-state index contributed by atoms with van der Waals surface area (Å²) in [4.78, 5) is 0. The van der Waals surface area contributed by atoms with Crippen molar-refractivity contribution in [1.82, 2.24) is 15.0 Å². The second kappa shape index (κ2) is 5.89. The normalized spacial score (nSPS) is 10.8. The number of para-hydroxylation sites is 1. The van der Waals surface area contributed by atoms with Gasteiger partial charge in [-0.3, -0.25) is 0 Å². The number of nitrogens with zero attached hydrogens (tertiary/aromatic N) is 3. The lowest BCUT2D eigenvalue weighted by atomic mass is 10.1. The molecule has 21 heavy (non-hydrogen) atoms. The van der Waals surface area contributed by atoms with E-state index in [0.717, 1.165) is 16.9 Å². The Hall–Kier alpha value is -2.46. The molecule has 4 nitrogen and oxygen atoms in total. The largest absolute Gasteiger partial charge is 0.390 e. The second-order valence-electron chi connectivity index (χ2n) is 5.00. The molecule has 1 N–H and O–H groups in total. The predicted molar refractivity (Wildman–Crippen MR) is 81.3 cm³/mol. The average molecular weight is 279 g/mol. The fraction of sp³-hybridized carbons (Fsp3) is 0.176. The Labute approximate surface area is 123 Å². The highest BCUT2D eigenvalue weighted by Crippen LogP contribution is 2.19. The molecule has 3 rings (SSSR count). The van der Waals surface area contributed by atoms with Gasteiger partial charge in [-0.05, 0) is 24.1 Å². The van der Waals surface area contributed by atoms with Gasteiger partial charge in [0.05, 0.1) is 18.0 Å². The minimum atomic E-state index is -0.103. The van der Waals surface area contributed by atoms with Crippen molar-refractivity contribution in [2.24, 2.45) is 0 Å². The monoisotopic (exact) mass is 279 g/mol. The first-order chi connectivity index (χ1) is 10.3. The lowest BCUT2D eigenvalue weighted by molar-refractivity contribution is 0.275. The van der Waals surface area contributed by atoms with Crippen molar-refractivity contribution < 1.29 is 5.11 Å². The van der Waals surface area contributed by atoms with Crippen molar-refractivity contribution in [3.63, 3.8) is 0 Å². The Morgan fingerprint density at radius 2 is 1.71 bits per heavy atom. The third-order valence-corrected chi connectivity index (χ3v) is 3.55. The fourth-order valence-electron chi connectivity index (χ4n) is 2.42. The van der Waals surface area contributed by atoms with Gasteiger partial charge in [0.2, 0.25) is 0 Å². The van der Waals surface area contributed by atoms with Gasteiger partial charge in [-0.25, -0.2) is 4.68 Å². The standard InChI is InChI=1S/C17H17N3O/c1-13-7-5-6-10-16(13)20-17(15(12-21)18-19-20)11-14-8-3-2-4-9-14/h2-10,21H,11-12H2,1H3. The summed E-state index contributed by atoms with van der Waals surface area (Å²) in [5, 5.41) is 17.8. The van der Waals surface area contributed by atoms with E-state index >= 15 is 0 Å². The van der Waals surface area contributed by atoms with Crippen molar-refractivity contribution in [2.75, 3.05) is 0 Å². The Morgan fingerprint density at radius 1 is 1.00 bits per heavy atom. The van der Waals surface area contributed by atoms with Crippen molar-refractivity contribution in [3.8, 4) is 5.69 Å². The zero-order valence-corrected chi connectivity index (χ0v) is 11.9. The van der Waals surface area contributed by atoms with Crippen LogP contribution in [0, 0.1) is 6.92 Å². The number of aliphatic hydroxyl groups excluding tert-OH is 1. The van der Waals surface area contributed by atoms with Crippen molar-refractivity contribution in [3.05, 3.63) is 77.1 Å². The molecule has 0 fully saturated rings. The van der Waals surface area contributed by atoms with Crippen LogP contribution < -0.4 is 0 Å². The van der Waals surface area contributed by atoms with E-state index in [1.54, 1.807) is 0 Å². The molecule has 0 atom stereocenters. The van der Waals surface area contributed by atoms with Gasteiger partial charge in [0, 0.05) is 6.42 Å². The van der Waals surface area contributed by atoms with Gasteiger partial charge in [-0.2, -0.15) is 0 Å². The molecule has 0 saturated carbocycles. The number of aryl methyl sites for hydroxylation is 1. The van der Waals surface area contributed by atoms with E-state index in [0.29, 0.717) is 12.1 Å². The van der Waals surface area contributed by atoms with E-state index in [1.807, 2.05) is 54.1 Å². The topological polar surface area (TPSA) is 50.9 Å². The van der Waals surface area contributed by atoms with Crippen LogP contribution >= 0.6 is 0 Å². The summed E-state index contributed by atoms with van der Waals surface area (Å²) in [5.41, 5.74) is 4.85. The molecule has 1 heterocycles. The lowest BCUT2D eigenvalue weighted by Crippen LogP contribution is -2.06. The van der Waals surface area contributed by atoms with Crippen molar-refractivity contribution >= 4 is 0 Å². The third kappa shape index (κ3) is 2.71. The number of rotatable bonds is 4. The van der Waals surface area contributed by atoms with Crippen LogP contribution in [0.15, 0.2) is 54.6 Å². The van der Waals surface area contributed by atoms with Crippen LogP contribution in [-0.4, -0.2) is 20.1 Å².